The van der Waals surface area contributed by atoms with Crippen LogP contribution in [0, 0.1) is 25.2 Å². The molecule has 0 aliphatic heterocycles. The third kappa shape index (κ3) is 4.51. The third-order valence-electron chi connectivity index (χ3n) is 4.25. The summed E-state index contributed by atoms with van der Waals surface area (Å²) < 4.78 is 16.2. The molecule has 29 heavy (non-hydrogen) atoms. The van der Waals surface area contributed by atoms with Crippen LogP contribution in [-0.4, -0.2) is 37.6 Å². The number of halogens is 1. The fourth-order valence-corrected chi connectivity index (χ4v) is 3.38. The molecule has 0 saturated heterocycles. The molecule has 0 amide bonds. The van der Waals surface area contributed by atoms with Crippen molar-refractivity contribution in [3.8, 4) is 17.6 Å². The largest absolute Gasteiger partial charge is 0.493 e. The highest BCUT2D eigenvalue weighted by Gasteiger charge is 2.27. The van der Waals surface area contributed by atoms with E-state index in [1.807, 2.05) is 6.07 Å². The fraction of sp³-hybridized carbons (Fsp3) is 0.286. The highest BCUT2D eigenvalue weighted by Crippen LogP contribution is 2.34. The first-order valence-electron chi connectivity index (χ1n) is 8.73. The minimum atomic E-state index is -0.609. The Balaban J connectivity index is 2.59. The number of nitriles is 1. The average molecular weight is 461 g/mol. The van der Waals surface area contributed by atoms with Crippen LogP contribution in [0.4, 0.5) is 0 Å². The summed E-state index contributed by atoms with van der Waals surface area (Å²) in [5, 5.41) is 9.63. The standard InChI is InChI=1S/C21H21BrN2O5/c1-6-29-21(26)19-12(3)24-11(2)18(19)20(25)14(10-23)7-13-8-16(27-4)17(28-5)9-15(13)22/h7-9,24H,6H2,1-5H3/b14-7+. The van der Waals surface area contributed by atoms with Gasteiger partial charge in [0.1, 0.15) is 11.6 Å². The number of allylic oxidation sites excluding steroid dienone is 1. The van der Waals surface area contributed by atoms with Crippen LogP contribution in [0.25, 0.3) is 6.08 Å². The predicted octanol–water partition coefficient (Wildman–Crippen LogP) is 4.38. The van der Waals surface area contributed by atoms with Crippen LogP contribution in [0.15, 0.2) is 22.2 Å². The monoisotopic (exact) mass is 460 g/mol. The van der Waals surface area contributed by atoms with Crippen LogP contribution in [0.1, 0.15) is 44.6 Å². The molecule has 1 N–H and O–H groups in total. The van der Waals surface area contributed by atoms with Gasteiger partial charge < -0.3 is 19.2 Å². The fourth-order valence-electron chi connectivity index (χ4n) is 2.94. The van der Waals surface area contributed by atoms with Crippen molar-refractivity contribution >= 4 is 33.8 Å². The number of ether oxygens (including phenoxy) is 3. The van der Waals surface area contributed by atoms with Gasteiger partial charge in [-0.05, 0) is 44.5 Å². The van der Waals surface area contributed by atoms with Gasteiger partial charge in [0.25, 0.3) is 0 Å². The van der Waals surface area contributed by atoms with E-state index in [0.29, 0.717) is 32.9 Å². The number of H-pyrrole nitrogens is 1. The van der Waals surface area contributed by atoms with Gasteiger partial charge in [-0.15, -0.1) is 0 Å². The first-order chi connectivity index (χ1) is 13.8. The molecule has 0 atom stereocenters. The zero-order valence-electron chi connectivity index (χ0n) is 16.8. The van der Waals surface area contributed by atoms with Crippen molar-refractivity contribution < 1.29 is 23.8 Å². The number of nitrogens with one attached hydrogen (secondary N) is 1. The highest BCUT2D eigenvalue weighted by molar-refractivity contribution is 9.10. The number of hydrogen-bond donors (Lipinski definition) is 1. The number of esters is 1. The van der Waals surface area contributed by atoms with Gasteiger partial charge in [0.15, 0.2) is 11.5 Å². The number of methoxy groups -OCH3 is 2. The zero-order chi connectivity index (χ0) is 21.7. The summed E-state index contributed by atoms with van der Waals surface area (Å²) in [6.07, 6.45) is 1.44. The van der Waals surface area contributed by atoms with E-state index in [4.69, 9.17) is 14.2 Å². The van der Waals surface area contributed by atoms with Crippen LogP contribution in [0.3, 0.4) is 0 Å². The summed E-state index contributed by atoms with van der Waals surface area (Å²) in [7, 11) is 3.01. The van der Waals surface area contributed by atoms with Crippen LogP contribution in [0.2, 0.25) is 0 Å². The number of rotatable bonds is 7. The Kier molecular flexibility index (Phi) is 7.23. The van der Waals surface area contributed by atoms with Gasteiger partial charge in [0.2, 0.25) is 5.78 Å². The quantitative estimate of drug-likeness (QED) is 0.284. The van der Waals surface area contributed by atoms with Crippen molar-refractivity contribution in [2.75, 3.05) is 20.8 Å². The molecule has 0 spiro atoms. The van der Waals surface area contributed by atoms with Gasteiger partial charge in [-0.2, -0.15) is 5.26 Å². The van der Waals surface area contributed by atoms with Gasteiger partial charge >= 0.3 is 5.97 Å². The second-order valence-electron chi connectivity index (χ2n) is 6.07. The van der Waals surface area contributed by atoms with E-state index in [1.165, 1.54) is 20.3 Å². The Hall–Kier alpha value is -3.05. The maximum atomic E-state index is 13.1. The third-order valence-corrected chi connectivity index (χ3v) is 4.94. The van der Waals surface area contributed by atoms with E-state index in [-0.39, 0.29) is 23.3 Å². The van der Waals surface area contributed by atoms with Crippen molar-refractivity contribution in [3.63, 3.8) is 0 Å². The molecule has 0 aliphatic rings. The highest BCUT2D eigenvalue weighted by atomic mass is 79.9. The molecule has 152 valence electrons. The smallest absolute Gasteiger partial charge is 0.340 e. The van der Waals surface area contributed by atoms with Gasteiger partial charge in [-0.1, -0.05) is 15.9 Å². The molecule has 0 aliphatic carbocycles. The van der Waals surface area contributed by atoms with E-state index in [9.17, 15) is 14.9 Å². The molecule has 2 rings (SSSR count). The molecular formula is C21H21BrN2O5. The number of aromatic nitrogens is 1. The zero-order valence-corrected chi connectivity index (χ0v) is 18.4. The van der Waals surface area contributed by atoms with E-state index in [0.717, 1.165) is 0 Å². The Bertz CT molecular complexity index is 1030. The number of carbonyl (C=O) groups is 2. The minimum Gasteiger partial charge on any atom is -0.493 e. The average Bonchev–Trinajstić information content (AvgIpc) is 3.00. The van der Waals surface area contributed by atoms with Crippen LogP contribution < -0.4 is 9.47 Å². The van der Waals surface area contributed by atoms with E-state index in [2.05, 4.69) is 20.9 Å². The number of aryl methyl sites for hydroxylation is 2. The first kappa shape index (κ1) is 22.2. The number of Topliss-reactive ketones (excluding diaryl/α,β-unsaturated/α-hetero) is 1. The molecule has 0 bridgehead atoms. The molecule has 0 unspecified atom stereocenters. The lowest BCUT2D eigenvalue weighted by Crippen LogP contribution is -2.13. The van der Waals surface area contributed by atoms with E-state index in [1.54, 1.807) is 32.9 Å². The summed E-state index contributed by atoms with van der Waals surface area (Å²) in [6, 6.07) is 5.26. The van der Waals surface area contributed by atoms with Gasteiger partial charge in [0.05, 0.1) is 32.0 Å². The normalized spacial score (nSPS) is 11.0. The first-order valence-corrected chi connectivity index (χ1v) is 9.52. The van der Waals surface area contributed by atoms with Crippen molar-refractivity contribution in [1.29, 1.82) is 5.26 Å². The molecule has 8 heteroatoms. The summed E-state index contributed by atoms with van der Waals surface area (Å²) in [4.78, 5) is 28.5. The van der Waals surface area contributed by atoms with E-state index >= 15 is 0 Å². The SMILES string of the molecule is CCOC(=O)c1c(C)[nH]c(C)c1C(=O)/C(C#N)=C/c1cc(OC)c(OC)cc1Br. The second-order valence-corrected chi connectivity index (χ2v) is 6.93. The van der Waals surface area contributed by atoms with Crippen molar-refractivity contribution in [3.05, 3.63) is 50.3 Å². The lowest BCUT2D eigenvalue weighted by molar-refractivity contribution is 0.0523. The van der Waals surface area contributed by atoms with Crippen LogP contribution >= 0.6 is 15.9 Å². The number of nitrogens with zero attached hydrogens (tertiary/aromatic N) is 1. The maximum absolute atomic E-state index is 13.1. The topological polar surface area (TPSA) is 101 Å². The molecule has 0 radical (unpaired) electrons. The number of hydrogen-bond acceptors (Lipinski definition) is 6. The van der Waals surface area contributed by atoms with Crippen LogP contribution in [-0.2, 0) is 4.74 Å². The molecule has 0 fully saturated rings. The van der Waals surface area contributed by atoms with E-state index < -0.39 is 11.8 Å². The number of aromatic amines is 1. The summed E-state index contributed by atoms with van der Waals surface area (Å²) in [6.45, 7) is 5.21. The Morgan fingerprint density at radius 3 is 2.28 bits per heavy atom. The maximum Gasteiger partial charge on any atom is 0.340 e. The molecule has 0 saturated carbocycles. The molecule has 1 aromatic carbocycles. The molecule has 1 heterocycles. The van der Waals surface area contributed by atoms with Crippen LogP contribution in [0.5, 0.6) is 11.5 Å². The lowest BCUT2D eigenvalue weighted by Gasteiger charge is -2.10. The number of ketones is 1. The lowest BCUT2D eigenvalue weighted by atomic mass is 9.98. The summed E-state index contributed by atoms with van der Waals surface area (Å²) >= 11 is 3.41. The van der Waals surface area contributed by atoms with Crippen molar-refractivity contribution in [1.82, 2.24) is 4.98 Å². The Labute approximate surface area is 177 Å². The van der Waals surface area contributed by atoms with Crippen molar-refractivity contribution in [2.45, 2.75) is 20.8 Å². The molecule has 1 aromatic heterocycles. The number of carbonyl (C=O) groups excluding carboxylic acids is 2. The molecule has 2 aromatic rings. The van der Waals surface area contributed by atoms with Gasteiger partial charge in [-0.25, -0.2) is 4.79 Å². The van der Waals surface area contributed by atoms with Gasteiger partial charge in [0, 0.05) is 15.9 Å². The molecular weight excluding hydrogens is 440 g/mol. The van der Waals surface area contributed by atoms with Crippen molar-refractivity contribution in [2.24, 2.45) is 0 Å². The summed E-state index contributed by atoms with van der Waals surface area (Å²) in [5.41, 5.74) is 1.69. The Morgan fingerprint density at radius 2 is 1.72 bits per heavy atom. The second kappa shape index (κ2) is 9.43. The molecule has 7 nitrogen and oxygen atoms in total. The minimum absolute atomic E-state index is 0.130. The number of benzene rings is 1. The van der Waals surface area contributed by atoms with Gasteiger partial charge in [-0.3, -0.25) is 4.79 Å². The Morgan fingerprint density at radius 1 is 1.14 bits per heavy atom. The predicted molar refractivity (Wildman–Crippen MR) is 111 cm³/mol. The summed E-state index contributed by atoms with van der Waals surface area (Å²) in [5.74, 6) is -0.225.